The second-order valence-corrected chi connectivity index (χ2v) is 4.70. The van der Waals surface area contributed by atoms with Gasteiger partial charge in [0, 0.05) is 24.7 Å². The molecule has 0 aromatic rings. The zero-order valence-corrected chi connectivity index (χ0v) is 8.50. The molecule has 0 aromatic heterocycles. The predicted octanol–water partition coefficient (Wildman–Crippen LogP) is 0.160. The van der Waals surface area contributed by atoms with Gasteiger partial charge < -0.3 is 16.0 Å². The number of likely N-dealkylation sites (N-methyl/N-ethyl adjacent to an activating group) is 1. The summed E-state index contributed by atoms with van der Waals surface area (Å²) >= 11 is 0. The summed E-state index contributed by atoms with van der Waals surface area (Å²) in [6.45, 7) is 2.48. The van der Waals surface area contributed by atoms with E-state index in [9.17, 15) is 0 Å². The highest BCUT2D eigenvalue weighted by Crippen LogP contribution is 2.19. The third-order valence-corrected chi connectivity index (χ3v) is 3.27. The molecule has 2 aliphatic rings. The predicted molar refractivity (Wildman–Crippen MR) is 54.7 cm³/mol. The Labute approximate surface area is 80.7 Å². The van der Waals surface area contributed by atoms with E-state index in [1.165, 1.54) is 38.8 Å². The molecule has 1 unspecified atom stereocenters. The van der Waals surface area contributed by atoms with Crippen molar-refractivity contribution >= 4 is 0 Å². The van der Waals surface area contributed by atoms with Crippen LogP contribution in [0.25, 0.3) is 0 Å². The van der Waals surface area contributed by atoms with Crippen molar-refractivity contribution in [3.05, 3.63) is 0 Å². The van der Waals surface area contributed by atoms with E-state index in [1.54, 1.807) is 0 Å². The topological polar surface area (TPSA) is 41.3 Å². The molecule has 3 N–H and O–H groups in total. The van der Waals surface area contributed by atoms with Crippen molar-refractivity contribution < 1.29 is 0 Å². The smallest absolute Gasteiger partial charge is 0.0197 e. The molecule has 0 spiro atoms. The molecule has 1 aliphatic carbocycles. The Balaban J connectivity index is 1.69. The number of nitrogens with zero attached hydrogens (tertiary/aromatic N) is 1. The van der Waals surface area contributed by atoms with Gasteiger partial charge >= 0.3 is 0 Å². The molecule has 2 fully saturated rings. The number of nitrogens with two attached hydrogens (primary N) is 1. The van der Waals surface area contributed by atoms with E-state index in [0.29, 0.717) is 12.1 Å². The van der Waals surface area contributed by atoms with Crippen LogP contribution in [0.4, 0.5) is 0 Å². The Kier molecular flexibility index (Phi) is 2.86. The van der Waals surface area contributed by atoms with Crippen LogP contribution in [0, 0.1) is 0 Å². The van der Waals surface area contributed by atoms with Crippen LogP contribution in [0.3, 0.4) is 0 Å². The van der Waals surface area contributed by atoms with Gasteiger partial charge in [-0.2, -0.15) is 0 Å². The zero-order chi connectivity index (χ0) is 9.26. The highest BCUT2D eigenvalue weighted by atomic mass is 15.1. The third-order valence-electron chi connectivity index (χ3n) is 3.27. The van der Waals surface area contributed by atoms with Gasteiger partial charge in [-0.1, -0.05) is 0 Å². The van der Waals surface area contributed by atoms with E-state index in [2.05, 4.69) is 17.3 Å². The van der Waals surface area contributed by atoms with E-state index < -0.39 is 0 Å². The van der Waals surface area contributed by atoms with Crippen LogP contribution < -0.4 is 11.1 Å². The molecule has 0 radical (unpaired) electrons. The van der Waals surface area contributed by atoms with Gasteiger partial charge in [-0.3, -0.25) is 0 Å². The molecule has 0 amide bonds. The normalized spacial score (nSPS) is 41.5. The Morgan fingerprint density at radius 1 is 1.31 bits per heavy atom. The summed E-state index contributed by atoms with van der Waals surface area (Å²) in [5.74, 6) is 0. The summed E-state index contributed by atoms with van der Waals surface area (Å²) < 4.78 is 0. The minimum absolute atomic E-state index is 0.471. The van der Waals surface area contributed by atoms with E-state index >= 15 is 0 Å². The van der Waals surface area contributed by atoms with Crippen LogP contribution in [0.5, 0.6) is 0 Å². The highest BCUT2D eigenvalue weighted by molar-refractivity contribution is 4.91. The van der Waals surface area contributed by atoms with E-state index in [1.807, 2.05) is 0 Å². The number of hydrogen-bond acceptors (Lipinski definition) is 3. The third kappa shape index (κ3) is 2.42. The van der Waals surface area contributed by atoms with Gasteiger partial charge in [-0.25, -0.2) is 0 Å². The van der Waals surface area contributed by atoms with E-state index in [-0.39, 0.29) is 0 Å². The van der Waals surface area contributed by atoms with E-state index in [4.69, 9.17) is 5.73 Å². The Morgan fingerprint density at radius 2 is 2.08 bits per heavy atom. The molecule has 76 valence electrons. The van der Waals surface area contributed by atoms with Crippen LogP contribution in [-0.2, 0) is 0 Å². The second kappa shape index (κ2) is 3.95. The second-order valence-electron chi connectivity index (χ2n) is 4.70. The molecule has 3 nitrogen and oxygen atoms in total. The summed E-state index contributed by atoms with van der Waals surface area (Å²) in [5.41, 5.74) is 5.75. The molecule has 1 aliphatic heterocycles. The molecule has 1 saturated heterocycles. The zero-order valence-electron chi connectivity index (χ0n) is 8.50. The van der Waals surface area contributed by atoms with E-state index in [0.717, 1.165) is 6.04 Å². The average molecular weight is 183 g/mol. The monoisotopic (exact) mass is 183 g/mol. The largest absolute Gasteiger partial charge is 0.328 e. The van der Waals surface area contributed by atoms with Crippen LogP contribution in [-0.4, -0.2) is 43.2 Å². The SMILES string of the molecule is CN1CCCC(NC2CC(N)C2)C1. The highest BCUT2D eigenvalue weighted by Gasteiger charge is 2.28. The Hall–Kier alpha value is -0.120. The maximum absolute atomic E-state index is 5.75. The molecule has 1 heterocycles. The number of likely N-dealkylation sites (tertiary alicyclic amines) is 1. The number of hydrogen-bond donors (Lipinski definition) is 2. The molecule has 0 aromatic carbocycles. The van der Waals surface area contributed by atoms with Crippen molar-refractivity contribution in [2.45, 2.75) is 43.8 Å². The minimum Gasteiger partial charge on any atom is -0.328 e. The number of rotatable bonds is 2. The van der Waals surface area contributed by atoms with Crippen molar-refractivity contribution in [3.8, 4) is 0 Å². The molecule has 1 atom stereocenters. The van der Waals surface area contributed by atoms with Crippen molar-refractivity contribution in [3.63, 3.8) is 0 Å². The number of piperidine rings is 1. The maximum atomic E-state index is 5.75. The van der Waals surface area contributed by atoms with Crippen molar-refractivity contribution in [2.75, 3.05) is 20.1 Å². The molecular formula is C10H21N3. The fourth-order valence-electron chi connectivity index (χ4n) is 2.43. The van der Waals surface area contributed by atoms with Gasteiger partial charge in [0.05, 0.1) is 0 Å². The lowest BCUT2D eigenvalue weighted by Gasteiger charge is -2.39. The molecule has 2 rings (SSSR count). The van der Waals surface area contributed by atoms with Gasteiger partial charge in [-0.15, -0.1) is 0 Å². The molecule has 3 heteroatoms. The Bertz CT molecular complexity index is 166. The van der Waals surface area contributed by atoms with Gasteiger partial charge in [-0.05, 0) is 39.3 Å². The summed E-state index contributed by atoms with van der Waals surface area (Å²) in [5, 5.41) is 3.69. The lowest BCUT2D eigenvalue weighted by Crippen LogP contribution is -2.55. The van der Waals surface area contributed by atoms with Crippen molar-refractivity contribution in [1.82, 2.24) is 10.2 Å². The van der Waals surface area contributed by atoms with Crippen LogP contribution >= 0.6 is 0 Å². The molecular weight excluding hydrogens is 162 g/mol. The summed E-state index contributed by atoms with van der Waals surface area (Å²) in [7, 11) is 2.21. The van der Waals surface area contributed by atoms with Gasteiger partial charge in [0.1, 0.15) is 0 Å². The average Bonchev–Trinajstić information content (AvgIpc) is 2.01. The fourth-order valence-corrected chi connectivity index (χ4v) is 2.43. The lowest BCUT2D eigenvalue weighted by molar-refractivity contribution is 0.185. The first kappa shape index (κ1) is 9.44. The molecule has 13 heavy (non-hydrogen) atoms. The van der Waals surface area contributed by atoms with Crippen molar-refractivity contribution in [1.29, 1.82) is 0 Å². The standard InChI is InChI=1S/C10H21N3/c1-13-4-2-3-9(7-13)12-10-5-8(11)6-10/h8-10,12H,2-7,11H2,1H3. The van der Waals surface area contributed by atoms with Crippen LogP contribution in [0.1, 0.15) is 25.7 Å². The van der Waals surface area contributed by atoms with Crippen LogP contribution in [0.15, 0.2) is 0 Å². The first-order valence-corrected chi connectivity index (χ1v) is 5.44. The van der Waals surface area contributed by atoms with Gasteiger partial charge in [0.2, 0.25) is 0 Å². The van der Waals surface area contributed by atoms with Gasteiger partial charge in [0.15, 0.2) is 0 Å². The quantitative estimate of drug-likeness (QED) is 0.641. The maximum Gasteiger partial charge on any atom is 0.0197 e. The van der Waals surface area contributed by atoms with Crippen LogP contribution in [0.2, 0.25) is 0 Å². The number of nitrogens with one attached hydrogen (secondary N) is 1. The molecule has 1 saturated carbocycles. The van der Waals surface area contributed by atoms with Crippen molar-refractivity contribution in [2.24, 2.45) is 5.73 Å². The Morgan fingerprint density at radius 3 is 2.69 bits per heavy atom. The summed E-state index contributed by atoms with van der Waals surface area (Å²) in [4.78, 5) is 2.42. The minimum atomic E-state index is 0.471. The fraction of sp³-hybridized carbons (Fsp3) is 1.00. The first-order chi connectivity index (χ1) is 6.24. The summed E-state index contributed by atoms with van der Waals surface area (Å²) in [6, 6.07) is 1.90. The first-order valence-electron chi connectivity index (χ1n) is 5.44. The lowest BCUT2D eigenvalue weighted by atomic mass is 9.86. The molecule has 0 bridgehead atoms. The van der Waals surface area contributed by atoms with Gasteiger partial charge in [0.25, 0.3) is 0 Å². The summed E-state index contributed by atoms with van der Waals surface area (Å²) in [6.07, 6.45) is 5.05.